The normalized spacial score (nSPS) is 15.0. The highest BCUT2D eigenvalue weighted by molar-refractivity contribution is 7.93. The molecule has 1 amide bonds. The first-order valence-corrected chi connectivity index (χ1v) is 13.2. The summed E-state index contributed by atoms with van der Waals surface area (Å²) in [4.78, 5) is 26.3. The molecule has 7 heteroatoms. The number of amides is 1. The topological polar surface area (TPSA) is 84.7 Å². The lowest BCUT2D eigenvalue weighted by molar-refractivity contribution is -0.122. The van der Waals surface area contributed by atoms with E-state index in [1.54, 1.807) is 39.0 Å². The molecular formula is C27H31NO5S. The number of rotatable bonds is 5. The molecule has 1 aliphatic carbocycles. The van der Waals surface area contributed by atoms with Crippen LogP contribution in [0.3, 0.4) is 0 Å². The number of nitrogens with zero attached hydrogens (tertiary/aromatic N) is 1. The Morgan fingerprint density at radius 3 is 2.15 bits per heavy atom. The molecule has 0 spiro atoms. The van der Waals surface area contributed by atoms with E-state index in [9.17, 15) is 18.0 Å². The third-order valence-electron chi connectivity index (χ3n) is 6.69. The first-order chi connectivity index (χ1) is 16.0. The van der Waals surface area contributed by atoms with Crippen LogP contribution in [0.2, 0.25) is 0 Å². The summed E-state index contributed by atoms with van der Waals surface area (Å²) in [6, 6.07) is 8.46. The molecule has 1 fully saturated rings. The summed E-state index contributed by atoms with van der Waals surface area (Å²) in [5, 5.41) is 0.511. The molecule has 6 nitrogen and oxygen atoms in total. The van der Waals surface area contributed by atoms with E-state index in [1.807, 2.05) is 19.1 Å². The van der Waals surface area contributed by atoms with Crippen LogP contribution in [0.4, 0.5) is 5.69 Å². The Morgan fingerprint density at radius 1 is 0.941 bits per heavy atom. The van der Waals surface area contributed by atoms with Crippen molar-refractivity contribution in [2.45, 2.75) is 71.6 Å². The van der Waals surface area contributed by atoms with Crippen LogP contribution in [0, 0.1) is 33.6 Å². The van der Waals surface area contributed by atoms with Crippen molar-refractivity contribution in [2.75, 3.05) is 4.31 Å². The van der Waals surface area contributed by atoms with Gasteiger partial charge in [-0.25, -0.2) is 12.7 Å². The van der Waals surface area contributed by atoms with Gasteiger partial charge in [0.1, 0.15) is 11.3 Å². The van der Waals surface area contributed by atoms with Gasteiger partial charge in [0.2, 0.25) is 5.91 Å². The Bertz CT molecular complexity index is 1370. The number of anilines is 1. The molecule has 34 heavy (non-hydrogen) atoms. The molecule has 0 radical (unpaired) electrons. The van der Waals surface area contributed by atoms with Gasteiger partial charge >= 0.3 is 0 Å². The van der Waals surface area contributed by atoms with Crippen molar-refractivity contribution in [3.05, 3.63) is 58.3 Å². The van der Waals surface area contributed by atoms with Gasteiger partial charge in [-0.2, -0.15) is 0 Å². The number of fused-ring (bicyclic) bond motifs is 1. The third-order valence-corrected chi connectivity index (χ3v) is 8.72. The zero-order chi connectivity index (χ0) is 24.8. The largest absolute Gasteiger partial charge is 0.461 e. The maximum Gasteiger partial charge on any atom is 0.271 e. The number of benzene rings is 2. The molecule has 2 aromatic carbocycles. The zero-order valence-corrected chi connectivity index (χ0v) is 21.2. The molecule has 180 valence electrons. The lowest BCUT2D eigenvalue weighted by atomic mass is 9.88. The summed E-state index contributed by atoms with van der Waals surface area (Å²) in [7, 11) is -4.21. The van der Waals surface area contributed by atoms with Gasteiger partial charge in [0.05, 0.1) is 16.1 Å². The number of hydrogen-bond acceptors (Lipinski definition) is 5. The second kappa shape index (κ2) is 9.02. The Hall–Kier alpha value is -2.93. The highest BCUT2D eigenvalue weighted by Gasteiger charge is 2.38. The molecule has 1 heterocycles. The number of carbonyl (C=O) groups is 2. The van der Waals surface area contributed by atoms with Crippen molar-refractivity contribution >= 4 is 38.4 Å². The monoisotopic (exact) mass is 481 g/mol. The molecule has 1 aliphatic rings. The number of ketones is 1. The molecule has 0 bridgehead atoms. The molecule has 0 atom stereocenters. The van der Waals surface area contributed by atoms with E-state index >= 15 is 0 Å². The van der Waals surface area contributed by atoms with Gasteiger partial charge in [0, 0.05) is 11.3 Å². The first-order valence-electron chi connectivity index (χ1n) is 11.7. The van der Waals surface area contributed by atoms with E-state index < -0.39 is 15.9 Å². The lowest BCUT2D eigenvalue weighted by Gasteiger charge is -2.30. The van der Waals surface area contributed by atoms with Crippen molar-refractivity contribution < 1.29 is 22.4 Å². The fourth-order valence-electron chi connectivity index (χ4n) is 5.34. The molecule has 4 rings (SSSR count). The average molecular weight is 482 g/mol. The number of hydrogen-bond donors (Lipinski definition) is 0. The lowest BCUT2D eigenvalue weighted by Crippen LogP contribution is -2.42. The zero-order valence-electron chi connectivity index (χ0n) is 20.4. The van der Waals surface area contributed by atoms with Gasteiger partial charge in [-0.05, 0) is 76.8 Å². The number of sulfonamides is 1. The molecule has 0 aliphatic heterocycles. The van der Waals surface area contributed by atoms with Crippen molar-refractivity contribution in [1.29, 1.82) is 0 Å². The van der Waals surface area contributed by atoms with E-state index in [-0.39, 0.29) is 22.3 Å². The minimum Gasteiger partial charge on any atom is -0.461 e. The van der Waals surface area contributed by atoms with Crippen LogP contribution in [0.25, 0.3) is 11.0 Å². The third kappa shape index (κ3) is 4.17. The molecule has 3 aromatic rings. The van der Waals surface area contributed by atoms with E-state index in [1.165, 1.54) is 6.92 Å². The summed E-state index contributed by atoms with van der Waals surface area (Å²) in [5.41, 5.74) is 3.28. The van der Waals surface area contributed by atoms with Crippen molar-refractivity contribution in [1.82, 2.24) is 0 Å². The predicted molar refractivity (Wildman–Crippen MR) is 133 cm³/mol. The highest BCUT2D eigenvalue weighted by Crippen LogP contribution is 2.36. The van der Waals surface area contributed by atoms with Gasteiger partial charge in [-0.1, -0.05) is 37.0 Å². The summed E-state index contributed by atoms with van der Waals surface area (Å²) in [5.74, 6) is -0.476. The molecule has 1 saturated carbocycles. The molecular weight excluding hydrogens is 450 g/mol. The van der Waals surface area contributed by atoms with E-state index in [4.69, 9.17) is 4.42 Å². The van der Waals surface area contributed by atoms with Crippen molar-refractivity contribution in [3.8, 4) is 0 Å². The van der Waals surface area contributed by atoms with Gasteiger partial charge in [-0.15, -0.1) is 0 Å². The minimum absolute atomic E-state index is 0.150. The summed E-state index contributed by atoms with van der Waals surface area (Å²) in [6.07, 6.45) is 4.20. The van der Waals surface area contributed by atoms with Gasteiger partial charge in [-0.3, -0.25) is 9.59 Å². The fourth-order valence-corrected chi connectivity index (χ4v) is 7.23. The summed E-state index contributed by atoms with van der Waals surface area (Å²) >= 11 is 0. The number of aryl methyl sites for hydroxylation is 4. The second-order valence-electron chi connectivity index (χ2n) is 9.44. The Labute approximate surface area is 201 Å². The fraction of sp³-hybridized carbons (Fsp3) is 0.407. The quantitative estimate of drug-likeness (QED) is 0.407. The van der Waals surface area contributed by atoms with Crippen molar-refractivity contribution in [2.24, 2.45) is 5.92 Å². The van der Waals surface area contributed by atoms with Crippen LogP contribution in [0.5, 0.6) is 0 Å². The van der Waals surface area contributed by atoms with Gasteiger partial charge in [0.15, 0.2) is 5.78 Å². The Kier molecular flexibility index (Phi) is 6.42. The predicted octanol–water partition coefficient (Wildman–Crippen LogP) is 6.17. The SMILES string of the molecule is CC(=O)c1c(C)oc2ccc(N(C(=O)C3CCCCC3)S(=O)(=O)c3c(C)cc(C)cc3C)cc12. The van der Waals surface area contributed by atoms with Crippen LogP contribution < -0.4 is 4.31 Å². The van der Waals surface area contributed by atoms with Crippen LogP contribution >= 0.6 is 0 Å². The maximum absolute atomic E-state index is 14.1. The molecule has 0 unspecified atom stereocenters. The summed E-state index contributed by atoms with van der Waals surface area (Å²) in [6.45, 7) is 8.58. The van der Waals surface area contributed by atoms with Crippen LogP contribution in [0.15, 0.2) is 39.6 Å². The number of furan rings is 1. The average Bonchev–Trinajstić information content (AvgIpc) is 3.08. The molecule has 0 saturated heterocycles. The minimum atomic E-state index is -4.21. The summed E-state index contributed by atoms with van der Waals surface area (Å²) < 4.78 is 35.0. The van der Waals surface area contributed by atoms with Crippen molar-refractivity contribution in [3.63, 3.8) is 0 Å². The van der Waals surface area contributed by atoms with Crippen LogP contribution in [-0.2, 0) is 14.8 Å². The van der Waals surface area contributed by atoms with E-state index in [0.717, 1.165) is 29.1 Å². The Morgan fingerprint density at radius 2 is 1.56 bits per heavy atom. The number of Topliss-reactive ketones (excluding diaryl/α,β-unsaturated/α-hetero) is 1. The standard InChI is InChI=1S/C27H31NO5S/c1-16-13-17(2)26(18(3)14-16)34(31,32)28(27(30)21-9-7-6-8-10-21)22-11-12-24-23(15-22)25(19(4)29)20(5)33-24/h11-15,21H,6-10H2,1-5H3. The van der Waals surface area contributed by atoms with E-state index in [0.29, 0.717) is 46.3 Å². The second-order valence-corrected chi connectivity index (χ2v) is 11.2. The maximum atomic E-state index is 14.1. The Balaban J connectivity index is 1.95. The van der Waals surface area contributed by atoms with Gasteiger partial charge in [0.25, 0.3) is 10.0 Å². The van der Waals surface area contributed by atoms with Gasteiger partial charge < -0.3 is 4.42 Å². The van der Waals surface area contributed by atoms with E-state index in [2.05, 4.69) is 0 Å². The molecule has 0 N–H and O–H groups in total. The highest BCUT2D eigenvalue weighted by atomic mass is 32.2. The van der Waals surface area contributed by atoms with Crippen LogP contribution in [-0.4, -0.2) is 20.1 Å². The molecule has 1 aromatic heterocycles. The first kappa shape index (κ1) is 24.2. The number of carbonyl (C=O) groups excluding carboxylic acids is 2. The smallest absolute Gasteiger partial charge is 0.271 e. The van der Waals surface area contributed by atoms with Crippen LogP contribution in [0.1, 0.15) is 71.8 Å².